The lowest BCUT2D eigenvalue weighted by molar-refractivity contribution is -0.163. The number of hydrogen-bond donors (Lipinski definition) is 4. The average Bonchev–Trinajstić information content (AvgIpc) is 3.29. The molecule has 0 aromatic rings. The Hall–Kier alpha value is -2.31. The Morgan fingerprint density at radius 2 is 2.06 bits per heavy atom. The number of β-lactam (4-membered cyclic amide) rings is 1. The second-order valence-corrected chi connectivity index (χ2v) is 10.6. The number of fused-ring (bicyclic) bond motifs is 1. The van der Waals surface area contributed by atoms with Gasteiger partial charge in [0.2, 0.25) is 17.7 Å². The number of ether oxygens (including phenoxy) is 1. The van der Waals surface area contributed by atoms with E-state index in [0.29, 0.717) is 37.5 Å². The van der Waals surface area contributed by atoms with Crippen LogP contribution in [0, 0.1) is 17.2 Å². The lowest BCUT2D eigenvalue weighted by Crippen LogP contribution is -2.63. The Morgan fingerprint density at radius 1 is 1.33 bits per heavy atom. The van der Waals surface area contributed by atoms with Crippen LogP contribution >= 0.6 is 11.8 Å². The maximum atomic E-state index is 13.1. The lowest BCUT2D eigenvalue weighted by Gasteiger charge is -2.45. The molecule has 4 heterocycles. The van der Waals surface area contributed by atoms with E-state index in [0.717, 1.165) is 0 Å². The molecule has 4 aliphatic heterocycles. The zero-order chi connectivity index (χ0) is 24.0. The molecule has 3 saturated heterocycles. The van der Waals surface area contributed by atoms with E-state index in [4.69, 9.17) is 10.1 Å². The van der Waals surface area contributed by atoms with E-state index in [1.54, 1.807) is 6.92 Å². The van der Waals surface area contributed by atoms with Gasteiger partial charge < -0.3 is 30.1 Å². The Labute approximate surface area is 196 Å². The van der Waals surface area contributed by atoms with Crippen LogP contribution in [0.15, 0.2) is 10.8 Å². The summed E-state index contributed by atoms with van der Waals surface area (Å²) in [6.45, 7) is 7.83. The fourth-order valence-corrected chi connectivity index (χ4v) is 6.77. The summed E-state index contributed by atoms with van der Waals surface area (Å²) in [4.78, 5) is 42.7. The standard InChI is InChI=1S/C21H31N5O6S/c1-10-8-24(4-5-25(10)9-22)18(28)14-6-13(7-23-14)33-17-11(2)16-15(12(3)27)19(29)26(16)20(17)32-21(30)31/h9-16,22-23,27H,4-8H2,1-3H3,(H,30,31)/t10?,11?,12?,13?,14?,15?,16-/m0/s1. The van der Waals surface area contributed by atoms with Crippen LogP contribution in [0.4, 0.5) is 4.79 Å². The fraction of sp³-hybridized carbons (Fsp3) is 0.714. The molecular weight excluding hydrogens is 450 g/mol. The van der Waals surface area contributed by atoms with E-state index < -0.39 is 18.2 Å². The highest BCUT2D eigenvalue weighted by molar-refractivity contribution is 8.03. The van der Waals surface area contributed by atoms with Crippen molar-refractivity contribution < 1.29 is 29.3 Å². The van der Waals surface area contributed by atoms with Crippen LogP contribution in [0.5, 0.6) is 0 Å². The molecule has 3 fully saturated rings. The van der Waals surface area contributed by atoms with Gasteiger partial charge in [-0.15, -0.1) is 11.8 Å². The Bertz CT molecular complexity index is 881. The first-order chi connectivity index (χ1) is 15.6. The van der Waals surface area contributed by atoms with Crippen LogP contribution < -0.4 is 5.32 Å². The van der Waals surface area contributed by atoms with Crippen molar-refractivity contribution in [3.63, 3.8) is 0 Å². The second-order valence-electron chi connectivity index (χ2n) is 9.23. The number of thioether (sulfide) groups is 1. The van der Waals surface area contributed by atoms with Crippen LogP contribution in [0.1, 0.15) is 27.2 Å². The number of amides is 2. The maximum Gasteiger partial charge on any atom is 0.512 e. The van der Waals surface area contributed by atoms with Crippen LogP contribution in [0.25, 0.3) is 0 Å². The van der Waals surface area contributed by atoms with E-state index in [1.165, 1.54) is 23.0 Å². The van der Waals surface area contributed by atoms with E-state index >= 15 is 0 Å². The quantitative estimate of drug-likeness (QED) is 0.182. The summed E-state index contributed by atoms with van der Waals surface area (Å²) in [6.07, 6.45) is -0.421. The van der Waals surface area contributed by atoms with Crippen LogP contribution in [-0.2, 0) is 14.3 Å². The summed E-state index contributed by atoms with van der Waals surface area (Å²) in [6, 6.07) is -0.560. The summed E-state index contributed by atoms with van der Waals surface area (Å²) in [5.74, 6) is -1.00. The Kier molecular flexibility index (Phi) is 6.61. The normalized spacial score (nSPS) is 34.8. The molecule has 4 aliphatic rings. The van der Waals surface area contributed by atoms with Gasteiger partial charge in [0.05, 0.1) is 35.3 Å². The third kappa shape index (κ3) is 4.19. The van der Waals surface area contributed by atoms with Crippen LogP contribution in [0.2, 0.25) is 0 Å². The molecule has 0 saturated carbocycles. The topological polar surface area (TPSA) is 146 Å². The summed E-state index contributed by atoms with van der Waals surface area (Å²) in [5.41, 5.74) is 0. The van der Waals surface area contributed by atoms with Gasteiger partial charge in [0.15, 0.2) is 0 Å². The molecule has 4 rings (SSSR count). The number of hydrogen-bond acceptors (Lipinski definition) is 8. The molecule has 4 N–H and O–H groups in total. The third-order valence-corrected chi connectivity index (χ3v) is 8.58. The number of nitrogens with zero attached hydrogens (tertiary/aromatic N) is 3. The smallest absolute Gasteiger partial charge is 0.449 e. The van der Waals surface area contributed by atoms with Gasteiger partial charge in [0, 0.05) is 43.4 Å². The summed E-state index contributed by atoms with van der Waals surface area (Å²) < 4.78 is 5.02. The van der Waals surface area contributed by atoms with Crippen molar-refractivity contribution in [2.24, 2.45) is 11.8 Å². The fourth-order valence-electron chi connectivity index (χ4n) is 5.35. The summed E-state index contributed by atoms with van der Waals surface area (Å²) >= 11 is 1.45. The molecule has 2 amide bonds. The largest absolute Gasteiger partial charge is 0.512 e. The number of piperazine rings is 1. The van der Waals surface area contributed by atoms with Crippen molar-refractivity contribution in [3.8, 4) is 0 Å². The zero-order valence-electron chi connectivity index (χ0n) is 18.9. The molecule has 0 bridgehead atoms. The molecule has 33 heavy (non-hydrogen) atoms. The van der Waals surface area contributed by atoms with Crippen molar-refractivity contribution in [1.82, 2.24) is 20.0 Å². The van der Waals surface area contributed by atoms with Gasteiger partial charge in [-0.25, -0.2) is 4.79 Å². The molecule has 6 unspecified atom stereocenters. The zero-order valence-corrected chi connectivity index (χ0v) is 19.7. The number of carbonyl (C=O) groups is 3. The van der Waals surface area contributed by atoms with Crippen LogP contribution in [0.3, 0.4) is 0 Å². The minimum atomic E-state index is -1.49. The number of carboxylic acid groups (broad SMARTS) is 1. The predicted molar refractivity (Wildman–Crippen MR) is 120 cm³/mol. The van der Waals surface area contributed by atoms with Gasteiger partial charge in [0.25, 0.3) is 0 Å². The van der Waals surface area contributed by atoms with Crippen molar-refractivity contribution in [2.75, 3.05) is 26.2 Å². The number of aliphatic hydroxyl groups is 1. The first-order valence-electron chi connectivity index (χ1n) is 11.2. The first-order valence-corrected chi connectivity index (χ1v) is 12.1. The van der Waals surface area contributed by atoms with Gasteiger partial charge in [-0.2, -0.15) is 0 Å². The number of aliphatic hydroxyl groups excluding tert-OH is 1. The van der Waals surface area contributed by atoms with Crippen molar-refractivity contribution in [2.45, 2.75) is 56.7 Å². The van der Waals surface area contributed by atoms with Gasteiger partial charge in [-0.05, 0) is 20.3 Å². The average molecular weight is 482 g/mol. The van der Waals surface area contributed by atoms with Crippen molar-refractivity contribution >= 4 is 36.1 Å². The maximum absolute atomic E-state index is 13.1. The molecule has 0 radical (unpaired) electrons. The number of nitrogens with one attached hydrogen (secondary N) is 2. The minimum Gasteiger partial charge on any atom is -0.449 e. The SMILES string of the molecule is CC(O)C1C(=O)N2C(OC(=O)O)=C(SC3CNC(C(=O)N4CCN(C=N)C(C)C4)C3)C(C)[C@@H]12. The van der Waals surface area contributed by atoms with Crippen LogP contribution in [-0.4, -0.2) is 105 Å². The number of rotatable bonds is 6. The van der Waals surface area contributed by atoms with Gasteiger partial charge in [-0.1, -0.05) is 6.92 Å². The molecule has 0 spiro atoms. The number of carbonyl (C=O) groups excluding carboxylic acids is 2. The van der Waals surface area contributed by atoms with Gasteiger partial charge in [0.1, 0.15) is 0 Å². The summed E-state index contributed by atoms with van der Waals surface area (Å²) in [7, 11) is 0. The molecule has 0 aliphatic carbocycles. The highest BCUT2D eigenvalue weighted by Gasteiger charge is 2.60. The summed E-state index contributed by atoms with van der Waals surface area (Å²) in [5, 5.41) is 30.0. The first kappa shape index (κ1) is 23.8. The van der Waals surface area contributed by atoms with Crippen molar-refractivity contribution in [1.29, 1.82) is 5.41 Å². The lowest BCUT2D eigenvalue weighted by atomic mass is 9.79. The predicted octanol–water partition coefficient (Wildman–Crippen LogP) is 0.311. The van der Waals surface area contributed by atoms with Gasteiger partial charge >= 0.3 is 6.16 Å². The third-order valence-electron chi connectivity index (χ3n) is 7.09. The highest BCUT2D eigenvalue weighted by atomic mass is 32.2. The highest BCUT2D eigenvalue weighted by Crippen LogP contribution is 2.52. The van der Waals surface area contributed by atoms with E-state index in [-0.39, 0.29) is 47.0 Å². The molecular formula is C21H31N5O6S. The van der Waals surface area contributed by atoms with Crippen molar-refractivity contribution in [3.05, 3.63) is 10.8 Å². The monoisotopic (exact) mass is 481 g/mol. The van der Waals surface area contributed by atoms with E-state index in [1.807, 2.05) is 23.6 Å². The van der Waals surface area contributed by atoms with Gasteiger partial charge in [-0.3, -0.25) is 19.9 Å². The Balaban J connectivity index is 1.43. The second kappa shape index (κ2) is 9.15. The molecule has 11 nitrogen and oxygen atoms in total. The Morgan fingerprint density at radius 3 is 2.67 bits per heavy atom. The minimum absolute atomic E-state index is 0.0166. The molecule has 0 aromatic carbocycles. The molecule has 12 heteroatoms. The van der Waals surface area contributed by atoms with E-state index in [2.05, 4.69) is 5.32 Å². The molecule has 0 aromatic heterocycles. The molecule has 7 atom stereocenters. The van der Waals surface area contributed by atoms with E-state index in [9.17, 15) is 24.6 Å². The molecule has 182 valence electrons.